The van der Waals surface area contributed by atoms with Crippen molar-refractivity contribution < 1.29 is 19.2 Å². The predicted molar refractivity (Wildman–Crippen MR) is 138 cm³/mol. The number of nitro benzene ring substituents is 1. The molecule has 1 aliphatic carbocycles. The number of nitrogens with one attached hydrogen (secondary N) is 2. The standard InChI is InChI=1S/C26H24N4O6S/c1-35-19-11-8-15(12-20(19)36-2)21-22-17(4-3-5-18(22)31)27-24-23(21)25(32)29-26(28-24)37-13-14-6-9-16(10-7-14)30(33)34/h6-12,21H,3-5,13H2,1-2H3,(H2,27,28,29,32)/t21-/m1/s1. The van der Waals surface area contributed by atoms with Crippen LogP contribution in [0.2, 0.25) is 0 Å². The van der Waals surface area contributed by atoms with Crippen molar-refractivity contribution in [2.75, 3.05) is 19.5 Å². The molecule has 2 heterocycles. The molecular formula is C26H24N4O6S. The summed E-state index contributed by atoms with van der Waals surface area (Å²) in [5, 5.41) is 14.6. The van der Waals surface area contributed by atoms with Crippen molar-refractivity contribution in [1.29, 1.82) is 0 Å². The number of ketones is 1. The van der Waals surface area contributed by atoms with Crippen LogP contribution in [-0.2, 0) is 10.5 Å². The molecule has 0 amide bonds. The lowest BCUT2D eigenvalue weighted by atomic mass is 9.76. The Bertz CT molecular complexity index is 1480. The van der Waals surface area contributed by atoms with Crippen LogP contribution in [0, 0.1) is 10.1 Å². The van der Waals surface area contributed by atoms with Crippen molar-refractivity contribution in [1.82, 2.24) is 9.97 Å². The summed E-state index contributed by atoms with van der Waals surface area (Å²) in [6.07, 6.45) is 1.84. The van der Waals surface area contributed by atoms with Gasteiger partial charge in [0.1, 0.15) is 5.82 Å². The molecule has 0 fully saturated rings. The van der Waals surface area contributed by atoms with Gasteiger partial charge in [0.25, 0.3) is 11.2 Å². The molecule has 1 aliphatic heterocycles. The lowest BCUT2D eigenvalue weighted by Crippen LogP contribution is -2.32. The van der Waals surface area contributed by atoms with E-state index in [0.717, 1.165) is 23.2 Å². The molecule has 2 N–H and O–H groups in total. The summed E-state index contributed by atoms with van der Waals surface area (Å²) < 4.78 is 10.8. The zero-order valence-electron chi connectivity index (χ0n) is 20.2. The second-order valence-electron chi connectivity index (χ2n) is 8.69. The summed E-state index contributed by atoms with van der Waals surface area (Å²) in [4.78, 5) is 44.5. The SMILES string of the molecule is COc1ccc([C@@H]2C3=C(CCCC3=O)Nc3nc(SCc4ccc([N+](=O)[O-])cc4)[nH]c(=O)c32)cc1OC. The first-order valence-electron chi connectivity index (χ1n) is 11.6. The maximum atomic E-state index is 13.4. The fraction of sp³-hybridized carbons (Fsp3) is 0.269. The monoisotopic (exact) mass is 520 g/mol. The van der Waals surface area contributed by atoms with Crippen LogP contribution in [0.1, 0.15) is 41.9 Å². The molecule has 190 valence electrons. The first-order valence-corrected chi connectivity index (χ1v) is 12.6. The van der Waals surface area contributed by atoms with Gasteiger partial charge in [0.15, 0.2) is 22.4 Å². The average molecular weight is 521 g/mol. The molecule has 3 aromatic rings. The van der Waals surface area contributed by atoms with Crippen molar-refractivity contribution >= 4 is 29.1 Å². The molecule has 10 nitrogen and oxygen atoms in total. The Morgan fingerprint density at radius 2 is 1.84 bits per heavy atom. The molecule has 0 bridgehead atoms. The van der Waals surface area contributed by atoms with Gasteiger partial charge in [-0.3, -0.25) is 19.7 Å². The number of non-ortho nitro benzene ring substituents is 1. The number of benzene rings is 2. The van der Waals surface area contributed by atoms with Crippen LogP contribution in [0.4, 0.5) is 11.5 Å². The van der Waals surface area contributed by atoms with Crippen LogP contribution < -0.4 is 20.3 Å². The number of hydrogen-bond donors (Lipinski definition) is 2. The van der Waals surface area contributed by atoms with Gasteiger partial charge in [0.05, 0.1) is 24.7 Å². The van der Waals surface area contributed by atoms with Gasteiger partial charge >= 0.3 is 0 Å². The fourth-order valence-electron chi connectivity index (χ4n) is 4.74. The van der Waals surface area contributed by atoms with Gasteiger partial charge in [-0.05, 0) is 36.1 Å². The molecular weight excluding hydrogens is 496 g/mol. The molecule has 1 aromatic heterocycles. The van der Waals surface area contributed by atoms with Gasteiger partial charge in [-0.15, -0.1) is 0 Å². The number of nitro groups is 1. The summed E-state index contributed by atoms with van der Waals surface area (Å²) in [6, 6.07) is 11.6. The van der Waals surface area contributed by atoms with Crippen molar-refractivity contribution in [3.8, 4) is 11.5 Å². The number of anilines is 1. The number of fused-ring (bicyclic) bond motifs is 1. The van der Waals surface area contributed by atoms with Crippen LogP contribution in [0.15, 0.2) is 63.7 Å². The Morgan fingerprint density at radius 1 is 1.08 bits per heavy atom. The highest BCUT2D eigenvalue weighted by atomic mass is 32.2. The summed E-state index contributed by atoms with van der Waals surface area (Å²) in [5.74, 6) is 1.35. The van der Waals surface area contributed by atoms with E-state index >= 15 is 0 Å². The number of aromatic nitrogens is 2. The van der Waals surface area contributed by atoms with Gasteiger partial charge < -0.3 is 19.8 Å². The molecule has 1 atom stereocenters. The van der Waals surface area contributed by atoms with Crippen LogP contribution in [0.3, 0.4) is 0 Å². The number of nitrogens with zero attached hydrogens (tertiary/aromatic N) is 2. The molecule has 0 saturated carbocycles. The fourth-order valence-corrected chi connectivity index (χ4v) is 5.56. The third-order valence-corrected chi connectivity index (χ3v) is 7.44. The van der Waals surface area contributed by atoms with Gasteiger partial charge in [0.2, 0.25) is 0 Å². The van der Waals surface area contributed by atoms with Gasteiger partial charge in [-0.1, -0.05) is 30.0 Å². The number of ether oxygens (including phenoxy) is 2. The van der Waals surface area contributed by atoms with Gasteiger partial charge in [-0.2, -0.15) is 0 Å². The molecule has 0 saturated heterocycles. The average Bonchev–Trinajstić information content (AvgIpc) is 2.90. The van der Waals surface area contributed by atoms with Gasteiger partial charge in [0, 0.05) is 41.5 Å². The maximum absolute atomic E-state index is 13.4. The number of carbonyl (C=O) groups excluding carboxylic acids is 1. The van der Waals surface area contributed by atoms with Crippen molar-refractivity contribution in [2.24, 2.45) is 0 Å². The van der Waals surface area contributed by atoms with E-state index in [1.165, 1.54) is 31.0 Å². The molecule has 0 unspecified atom stereocenters. The van der Waals surface area contributed by atoms with E-state index in [-0.39, 0.29) is 17.0 Å². The van der Waals surface area contributed by atoms with E-state index in [0.29, 0.717) is 52.2 Å². The second kappa shape index (κ2) is 10.1. The molecule has 0 spiro atoms. The largest absolute Gasteiger partial charge is 0.493 e. The van der Waals surface area contributed by atoms with Crippen molar-refractivity contribution in [3.63, 3.8) is 0 Å². The Morgan fingerprint density at radius 3 is 2.54 bits per heavy atom. The van der Waals surface area contributed by atoms with Crippen LogP contribution >= 0.6 is 11.8 Å². The Hall–Kier alpha value is -4.12. The first kappa shape index (κ1) is 24.6. The minimum atomic E-state index is -0.594. The number of carbonyl (C=O) groups is 1. The topological polar surface area (TPSA) is 136 Å². The number of rotatable bonds is 7. The number of hydrogen-bond acceptors (Lipinski definition) is 9. The second-order valence-corrected chi connectivity index (χ2v) is 9.65. The number of Topliss-reactive ketones (excluding diaryl/α,β-unsaturated/α-hetero) is 1. The highest BCUT2D eigenvalue weighted by Gasteiger charge is 2.38. The Kier molecular flexibility index (Phi) is 6.70. The van der Waals surface area contributed by atoms with Crippen molar-refractivity contribution in [3.05, 3.63) is 90.9 Å². The smallest absolute Gasteiger partial charge is 0.269 e. The van der Waals surface area contributed by atoms with Crippen LogP contribution in [-0.4, -0.2) is 34.9 Å². The van der Waals surface area contributed by atoms with Crippen LogP contribution in [0.5, 0.6) is 11.5 Å². The predicted octanol–water partition coefficient (Wildman–Crippen LogP) is 4.55. The molecule has 2 aromatic carbocycles. The van der Waals surface area contributed by atoms with E-state index in [1.807, 2.05) is 6.07 Å². The summed E-state index contributed by atoms with van der Waals surface area (Å²) >= 11 is 1.32. The molecule has 5 rings (SSSR count). The summed E-state index contributed by atoms with van der Waals surface area (Å²) in [5.41, 5.74) is 3.02. The summed E-state index contributed by atoms with van der Waals surface area (Å²) in [7, 11) is 3.09. The molecule has 37 heavy (non-hydrogen) atoms. The first-order chi connectivity index (χ1) is 17.9. The maximum Gasteiger partial charge on any atom is 0.269 e. The Balaban J connectivity index is 1.53. The number of H-pyrrole nitrogens is 1. The van der Waals surface area contributed by atoms with Crippen molar-refractivity contribution in [2.45, 2.75) is 36.1 Å². The van der Waals surface area contributed by atoms with E-state index in [4.69, 9.17) is 9.47 Å². The zero-order valence-corrected chi connectivity index (χ0v) is 21.0. The van der Waals surface area contributed by atoms with E-state index in [2.05, 4.69) is 15.3 Å². The molecule has 2 aliphatic rings. The van der Waals surface area contributed by atoms with Crippen LogP contribution in [0.25, 0.3) is 0 Å². The Labute approximate surface area is 216 Å². The number of methoxy groups -OCH3 is 2. The minimum Gasteiger partial charge on any atom is -0.493 e. The summed E-state index contributed by atoms with van der Waals surface area (Å²) in [6.45, 7) is 0. The highest BCUT2D eigenvalue weighted by molar-refractivity contribution is 7.98. The normalized spacial score (nSPS) is 16.5. The number of aromatic amines is 1. The lowest BCUT2D eigenvalue weighted by Gasteiger charge is -2.33. The third-order valence-electron chi connectivity index (χ3n) is 6.50. The minimum absolute atomic E-state index is 0.00945. The van der Waals surface area contributed by atoms with E-state index < -0.39 is 10.8 Å². The third kappa shape index (κ3) is 4.69. The quantitative estimate of drug-likeness (QED) is 0.199. The number of allylic oxidation sites excluding steroid dienone is 2. The molecule has 11 heteroatoms. The van der Waals surface area contributed by atoms with Gasteiger partial charge in [-0.25, -0.2) is 4.98 Å². The number of thioether (sulfide) groups is 1. The zero-order chi connectivity index (χ0) is 26.1. The highest BCUT2D eigenvalue weighted by Crippen LogP contribution is 2.45. The lowest BCUT2D eigenvalue weighted by molar-refractivity contribution is -0.384. The van der Waals surface area contributed by atoms with E-state index in [9.17, 15) is 19.7 Å². The van der Waals surface area contributed by atoms with E-state index in [1.54, 1.807) is 31.4 Å². The molecule has 0 radical (unpaired) electrons.